The first-order valence-electron chi connectivity index (χ1n) is 1.72. The van der Waals surface area contributed by atoms with Crippen molar-refractivity contribution in [2.75, 3.05) is 13.3 Å². The Kier molecular flexibility index (Phi) is 2.97. The molecule has 0 heterocycles. The van der Waals surface area contributed by atoms with Crippen LogP contribution in [0, 0.1) is 0 Å². The monoisotopic (exact) mass is 103 g/mol. The van der Waals surface area contributed by atoms with Crippen LogP contribution in [-0.2, 0) is 4.79 Å². The van der Waals surface area contributed by atoms with Gasteiger partial charge in [-0.25, -0.2) is 0 Å². The van der Waals surface area contributed by atoms with Gasteiger partial charge in [0.1, 0.15) is 5.80 Å². The summed E-state index contributed by atoms with van der Waals surface area (Å²) in [6.45, 7) is 4.06. The summed E-state index contributed by atoms with van der Waals surface area (Å²) in [5.41, 5.74) is 0. The molecule has 0 atom stereocenters. The number of hydrogen-bond acceptors (Lipinski definition) is 1. The summed E-state index contributed by atoms with van der Waals surface area (Å²) in [5.74, 6) is 1.68. The quantitative estimate of drug-likeness (QED) is 0.353. The van der Waals surface area contributed by atoms with Crippen molar-refractivity contribution in [3.05, 3.63) is 0 Å². The first kappa shape index (κ1) is 5.84. The zero-order valence-corrected chi connectivity index (χ0v) is 4.90. The average Bonchev–Trinajstić information content (AvgIpc) is 1.35. The topological polar surface area (TPSA) is 17.1 Å². The summed E-state index contributed by atoms with van der Waals surface area (Å²) in [6, 6.07) is 0. The fourth-order valence-corrected chi connectivity index (χ4v) is 0.365. The van der Waals surface area contributed by atoms with E-state index >= 15 is 0 Å². The molecule has 34 valence electrons. The molecule has 0 aromatic carbocycles. The minimum absolute atomic E-state index is 0.0936. The lowest BCUT2D eigenvalue weighted by Gasteiger charge is -1.59. The molecule has 0 aliphatic heterocycles. The van der Waals surface area contributed by atoms with Crippen molar-refractivity contribution in [3.8, 4) is 0 Å². The molecule has 0 bridgehead atoms. The van der Waals surface area contributed by atoms with Gasteiger partial charge in [0.05, 0.1) is 20.9 Å². The Morgan fingerprint density at radius 2 is 2.00 bits per heavy atom. The molecule has 0 aromatic heterocycles. The van der Waals surface area contributed by atoms with Crippen molar-refractivity contribution in [2.45, 2.75) is 0 Å². The Bertz CT molecular complexity index is 71.6. The molecule has 0 aromatic rings. The molecule has 0 unspecified atom stereocenters. The van der Waals surface area contributed by atoms with Gasteiger partial charge in [0, 0.05) is 0 Å². The van der Waals surface area contributed by atoms with E-state index < -0.39 is 0 Å². The Hall–Kier alpha value is -0.160. The van der Waals surface area contributed by atoms with Crippen LogP contribution >= 0.6 is 7.55 Å². The summed E-state index contributed by atoms with van der Waals surface area (Å²) in [5, 5.41) is 0. The fraction of sp³-hybridized carbons (Fsp3) is 0.500. The third-order valence-corrected chi connectivity index (χ3v) is 1.08. The number of rotatable bonds is 1. The molecular formula is C4H8OP+. The highest BCUT2D eigenvalue weighted by Gasteiger charge is 1.80. The Balaban J connectivity index is 3.41. The number of aldehydes is 1. The standard InChI is InChI=1S/C4H8OP/c1-6(2)4-3-5/h3-4H,1-2H3/q+1. The zero-order valence-electron chi connectivity index (χ0n) is 4.01. The van der Waals surface area contributed by atoms with Crippen molar-refractivity contribution < 1.29 is 4.79 Å². The smallest absolute Gasteiger partial charge is 0.184 e. The van der Waals surface area contributed by atoms with Crippen molar-refractivity contribution in [3.63, 3.8) is 0 Å². The van der Waals surface area contributed by atoms with Gasteiger partial charge in [-0.15, -0.1) is 0 Å². The van der Waals surface area contributed by atoms with Gasteiger partial charge in [-0.1, -0.05) is 0 Å². The minimum Gasteiger partial charge on any atom is -0.294 e. The van der Waals surface area contributed by atoms with Crippen molar-refractivity contribution in [1.29, 1.82) is 0 Å². The van der Waals surface area contributed by atoms with Crippen molar-refractivity contribution >= 4 is 19.6 Å². The van der Waals surface area contributed by atoms with E-state index in [1.54, 1.807) is 5.80 Å². The first-order valence-corrected chi connectivity index (χ1v) is 4.03. The molecule has 0 amide bonds. The Labute approximate surface area is 38.8 Å². The van der Waals surface area contributed by atoms with Crippen LogP contribution in [0.4, 0.5) is 0 Å². The number of carbonyl (C=O) groups excluding carboxylic acids is 1. The predicted octanol–water partition coefficient (Wildman–Crippen LogP) is 0.729. The van der Waals surface area contributed by atoms with Gasteiger partial charge < -0.3 is 0 Å². The van der Waals surface area contributed by atoms with E-state index in [1.807, 2.05) is 13.3 Å². The molecular weight excluding hydrogens is 95.0 g/mol. The molecule has 0 fully saturated rings. The maximum atomic E-state index is 9.58. The van der Waals surface area contributed by atoms with E-state index in [4.69, 9.17) is 0 Å². The summed E-state index contributed by atoms with van der Waals surface area (Å²) >= 11 is 0. The van der Waals surface area contributed by atoms with Crippen LogP contribution < -0.4 is 0 Å². The molecule has 0 aliphatic carbocycles. The van der Waals surface area contributed by atoms with Gasteiger partial charge in [-0.2, -0.15) is 0 Å². The van der Waals surface area contributed by atoms with Crippen LogP contribution in [0.15, 0.2) is 0 Å². The van der Waals surface area contributed by atoms with E-state index in [0.29, 0.717) is 0 Å². The van der Waals surface area contributed by atoms with Gasteiger partial charge in [0.15, 0.2) is 6.29 Å². The predicted molar refractivity (Wildman–Crippen MR) is 30.9 cm³/mol. The zero-order chi connectivity index (χ0) is 4.99. The highest BCUT2D eigenvalue weighted by Crippen LogP contribution is 2.03. The number of carbonyl (C=O) groups is 1. The first-order chi connectivity index (χ1) is 2.77. The van der Waals surface area contributed by atoms with Gasteiger partial charge in [-0.05, 0) is 0 Å². The molecule has 0 saturated carbocycles. The van der Waals surface area contributed by atoms with Crippen molar-refractivity contribution in [2.24, 2.45) is 0 Å². The number of hydrogen-bond donors (Lipinski definition) is 0. The van der Waals surface area contributed by atoms with Gasteiger partial charge in [0.2, 0.25) is 0 Å². The second-order valence-electron chi connectivity index (χ2n) is 1.25. The normalized spacial score (nSPS) is 7.00. The Morgan fingerprint density at radius 3 is 2.00 bits per heavy atom. The average molecular weight is 103 g/mol. The van der Waals surface area contributed by atoms with E-state index in [1.165, 1.54) is 0 Å². The van der Waals surface area contributed by atoms with Gasteiger partial charge in [-0.3, -0.25) is 4.79 Å². The van der Waals surface area contributed by atoms with Crippen molar-refractivity contribution in [1.82, 2.24) is 0 Å². The molecule has 0 saturated heterocycles. The summed E-state index contributed by atoms with van der Waals surface area (Å²) in [7, 11) is -0.0936. The second kappa shape index (κ2) is 3.05. The highest BCUT2D eigenvalue weighted by molar-refractivity contribution is 7.57. The molecule has 0 N–H and O–H groups in total. The van der Waals surface area contributed by atoms with E-state index in [9.17, 15) is 4.79 Å². The van der Waals surface area contributed by atoms with Gasteiger partial charge >= 0.3 is 0 Å². The van der Waals surface area contributed by atoms with Crippen LogP contribution in [0.25, 0.3) is 0 Å². The van der Waals surface area contributed by atoms with Crippen LogP contribution in [0.2, 0.25) is 0 Å². The second-order valence-corrected chi connectivity index (χ2v) is 3.47. The summed E-state index contributed by atoms with van der Waals surface area (Å²) < 4.78 is 0. The van der Waals surface area contributed by atoms with Crippen LogP contribution in [0.1, 0.15) is 0 Å². The molecule has 0 aliphatic rings. The SMILES string of the molecule is C[P+](C)=CC=O. The van der Waals surface area contributed by atoms with Crippen LogP contribution in [-0.4, -0.2) is 25.4 Å². The van der Waals surface area contributed by atoms with E-state index in [2.05, 4.69) is 0 Å². The molecule has 1 nitrogen and oxygen atoms in total. The highest BCUT2D eigenvalue weighted by atomic mass is 31.1. The fourth-order valence-electron chi connectivity index (χ4n) is 0.122. The molecule has 0 spiro atoms. The van der Waals surface area contributed by atoms with Crippen LogP contribution in [0.3, 0.4) is 0 Å². The largest absolute Gasteiger partial charge is 0.294 e. The van der Waals surface area contributed by atoms with Crippen LogP contribution in [0.5, 0.6) is 0 Å². The van der Waals surface area contributed by atoms with Gasteiger partial charge in [0.25, 0.3) is 0 Å². The summed E-state index contributed by atoms with van der Waals surface area (Å²) in [6.07, 6.45) is 0.853. The summed E-state index contributed by atoms with van der Waals surface area (Å²) in [4.78, 5) is 9.58. The molecule has 0 rings (SSSR count). The Morgan fingerprint density at radius 1 is 1.50 bits per heavy atom. The lowest BCUT2D eigenvalue weighted by molar-refractivity contribution is -0.102. The lowest BCUT2D eigenvalue weighted by atomic mass is 10.9. The third-order valence-electron chi connectivity index (χ3n) is 0.359. The molecule has 6 heavy (non-hydrogen) atoms. The van der Waals surface area contributed by atoms with E-state index in [-0.39, 0.29) is 7.55 Å². The minimum atomic E-state index is -0.0936. The third kappa shape index (κ3) is 3.84. The molecule has 0 radical (unpaired) electrons. The van der Waals surface area contributed by atoms with E-state index in [0.717, 1.165) is 6.29 Å². The molecule has 2 heteroatoms. The maximum Gasteiger partial charge on any atom is 0.184 e. The maximum absolute atomic E-state index is 9.58. The lowest BCUT2D eigenvalue weighted by Crippen LogP contribution is -1.66.